The summed E-state index contributed by atoms with van der Waals surface area (Å²) in [6.45, 7) is 0. The topological polar surface area (TPSA) is 104 Å². The third-order valence-corrected chi connectivity index (χ3v) is 3.05. The molecule has 2 rings (SSSR count). The molecule has 0 bridgehead atoms. The fraction of sp³-hybridized carbons (Fsp3) is 0.125. The van der Waals surface area contributed by atoms with Gasteiger partial charge in [-0.3, -0.25) is 0 Å². The Hall–Kier alpha value is -1.76. The Balaban J connectivity index is 2.94. The molecule has 1 heterocycles. The molecule has 2 aromatic rings. The minimum absolute atomic E-state index is 0.0488. The molecule has 80 valence electrons. The van der Waals surface area contributed by atoms with Crippen LogP contribution in [0.3, 0.4) is 0 Å². The first kappa shape index (κ1) is 9.78. The Morgan fingerprint density at radius 3 is 2.67 bits per heavy atom. The van der Waals surface area contributed by atoms with E-state index in [2.05, 4.69) is 5.10 Å². The van der Waals surface area contributed by atoms with Gasteiger partial charge >= 0.3 is 0 Å². The van der Waals surface area contributed by atoms with Crippen LogP contribution >= 0.6 is 0 Å². The second-order valence-corrected chi connectivity index (χ2v) is 5.23. The van der Waals surface area contributed by atoms with Crippen molar-refractivity contribution < 1.29 is 8.42 Å². The zero-order valence-corrected chi connectivity index (χ0v) is 8.82. The number of benzene rings is 1. The molecule has 0 saturated heterocycles. The third kappa shape index (κ3) is 1.50. The number of nitrogens with zero attached hydrogens (tertiary/aromatic N) is 2. The highest BCUT2D eigenvalue weighted by molar-refractivity contribution is 7.90. The van der Waals surface area contributed by atoms with E-state index >= 15 is 0 Å². The van der Waals surface area contributed by atoms with Crippen molar-refractivity contribution in [2.45, 2.75) is 5.03 Å². The van der Waals surface area contributed by atoms with Gasteiger partial charge in [-0.2, -0.15) is 4.79 Å². The number of anilines is 1. The second-order valence-electron chi connectivity index (χ2n) is 3.30. The summed E-state index contributed by atoms with van der Waals surface area (Å²) in [7, 11) is -3.39. The van der Waals surface area contributed by atoms with Crippen molar-refractivity contribution in [3.8, 4) is 0 Å². The number of hydrogen-bond acceptors (Lipinski definition) is 5. The lowest BCUT2D eigenvalue weighted by atomic mass is 10.2. The van der Waals surface area contributed by atoms with Crippen LogP contribution in [0.1, 0.15) is 0 Å². The van der Waals surface area contributed by atoms with Gasteiger partial charge in [-0.25, -0.2) is 8.42 Å². The first-order chi connectivity index (χ1) is 6.89. The molecule has 0 spiro atoms. The van der Waals surface area contributed by atoms with E-state index in [4.69, 9.17) is 11.6 Å². The Kier molecular flexibility index (Phi) is 1.87. The third-order valence-electron chi connectivity index (χ3n) is 2.05. The van der Waals surface area contributed by atoms with Crippen LogP contribution in [0.15, 0.2) is 23.2 Å². The molecule has 6 nitrogen and oxygen atoms in total. The predicted molar refractivity (Wildman–Crippen MR) is 57.4 cm³/mol. The van der Waals surface area contributed by atoms with E-state index in [0.717, 1.165) is 11.0 Å². The van der Waals surface area contributed by atoms with E-state index in [1.807, 2.05) is 0 Å². The Bertz CT molecular complexity index is 629. The molecule has 1 aromatic carbocycles. The average Bonchev–Trinajstić information content (AvgIpc) is 2.42. The maximum Gasteiger partial charge on any atom is 0.195 e. The minimum atomic E-state index is -3.39. The van der Waals surface area contributed by atoms with Gasteiger partial charge in [0.2, 0.25) is 0 Å². The van der Waals surface area contributed by atoms with Gasteiger partial charge in [0.25, 0.3) is 0 Å². The quantitative estimate of drug-likeness (QED) is 0.514. The number of fused-ring (bicyclic) bond motifs is 1. The van der Waals surface area contributed by atoms with Crippen LogP contribution in [0.4, 0.5) is 5.69 Å². The van der Waals surface area contributed by atoms with Gasteiger partial charge in [-0.15, -0.1) is 5.10 Å². The largest absolute Gasteiger partial charge is 0.399 e. The lowest BCUT2D eigenvalue weighted by Gasteiger charge is -1.95. The Morgan fingerprint density at radius 2 is 2.07 bits per heavy atom. The maximum atomic E-state index is 11.4. The molecule has 15 heavy (non-hydrogen) atoms. The predicted octanol–water partition coefficient (Wildman–Crippen LogP) is -0.264. The summed E-state index contributed by atoms with van der Waals surface area (Å²) in [5.74, 6) is 5.52. The first-order valence-corrected chi connectivity index (χ1v) is 6.02. The number of nitrogens with two attached hydrogens (primary N) is 2. The van der Waals surface area contributed by atoms with E-state index in [1.165, 1.54) is 0 Å². The molecule has 1 aromatic heterocycles. The molecule has 4 N–H and O–H groups in total. The number of sulfone groups is 1. The van der Waals surface area contributed by atoms with Crippen molar-refractivity contribution >= 4 is 26.4 Å². The molecule has 0 aliphatic heterocycles. The average molecular weight is 226 g/mol. The summed E-state index contributed by atoms with van der Waals surface area (Å²) < 4.78 is 22.8. The standard InChI is InChI=1S/C8H10N4O2S/c1-15(13,14)8-6-4-5(9)2-3-7(6)12(10)11-8/h2-4H,9-10H2,1H3. The number of nitrogen functional groups attached to an aromatic ring is 2. The van der Waals surface area contributed by atoms with E-state index < -0.39 is 9.84 Å². The molecular formula is C8H10N4O2S. The van der Waals surface area contributed by atoms with Gasteiger partial charge in [0, 0.05) is 17.3 Å². The molecule has 0 radical (unpaired) electrons. The molecule has 0 unspecified atom stereocenters. The van der Waals surface area contributed by atoms with E-state index in [0.29, 0.717) is 16.6 Å². The highest BCUT2D eigenvalue weighted by atomic mass is 32.2. The zero-order valence-electron chi connectivity index (χ0n) is 8.01. The van der Waals surface area contributed by atoms with Crippen LogP contribution in [0.2, 0.25) is 0 Å². The van der Waals surface area contributed by atoms with E-state index in [9.17, 15) is 8.42 Å². The van der Waals surface area contributed by atoms with E-state index in [1.54, 1.807) is 18.2 Å². The van der Waals surface area contributed by atoms with Crippen molar-refractivity contribution in [1.29, 1.82) is 0 Å². The summed E-state index contributed by atoms with van der Waals surface area (Å²) in [6.07, 6.45) is 1.08. The fourth-order valence-corrected chi connectivity index (χ4v) is 2.20. The van der Waals surface area contributed by atoms with Gasteiger partial charge in [0.15, 0.2) is 14.9 Å². The molecule has 0 fully saturated rings. The maximum absolute atomic E-state index is 11.4. The van der Waals surface area contributed by atoms with Crippen molar-refractivity contribution in [2.75, 3.05) is 17.8 Å². The number of hydrogen-bond donors (Lipinski definition) is 2. The van der Waals surface area contributed by atoms with Crippen LogP contribution in [-0.2, 0) is 9.84 Å². The molecular weight excluding hydrogens is 216 g/mol. The summed E-state index contributed by atoms with van der Waals surface area (Å²) in [5.41, 5.74) is 6.58. The summed E-state index contributed by atoms with van der Waals surface area (Å²) in [4.78, 5) is 1.03. The molecule has 0 saturated carbocycles. The fourth-order valence-electron chi connectivity index (χ4n) is 1.40. The van der Waals surface area contributed by atoms with Crippen LogP contribution in [0.5, 0.6) is 0 Å². The molecule has 0 amide bonds. The van der Waals surface area contributed by atoms with Gasteiger partial charge in [-0.1, -0.05) is 0 Å². The normalized spacial score (nSPS) is 12.1. The van der Waals surface area contributed by atoms with Crippen LogP contribution in [0.25, 0.3) is 10.9 Å². The van der Waals surface area contributed by atoms with Gasteiger partial charge < -0.3 is 11.6 Å². The van der Waals surface area contributed by atoms with Gasteiger partial charge in [0.05, 0.1) is 5.52 Å². The Labute approximate surface area is 86.4 Å². The first-order valence-electron chi connectivity index (χ1n) is 4.13. The van der Waals surface area contributed by atoms with Crippen LogP contribution in [0, 0.1) is 0 Å². The summed E-state index contributed by atoms with van der Waals surface area (Å²) in [5, 5.41) is 4.15. The SMILES string of the molecule is CS(=O)(=O)c1nn(N)c2ccc(N)cc12. The van der Waals surface area contributed by atoms with Crippen LogP contribution in [-0.4, -0.2) is 24.6 Å². The minimum Gasteiger partial charge on any atom is -0.399 e. The molecule has 0 aliphatic rings. The van der Waals surface area contributed by atoms with Gasteiger partial charge in [0.1, 0.15) is 0 Å². The van der Waals surface area contributed by atoms with E-state index in [-0.39, 0.29) is 5.03 Å². The second kappa shape index (κ2) is 2.86. The van der Waals surface area contributed by atoms with Gasteiger partial charge in [-0.05, 0) is 18.2 Å². The Morgan fingerprint density at radius 1 is 1.40 bits per heavy atom. The highest BCUT2D eigenvalue weighted by Crippen LogP contribution is 2.23. The number of aromatic nitrogens is 2. The lowest BCUT2D eigenvalue weighted by molar-refractivity contribution is 0.596. The smallest absolute Gasteiger partial charge is 0.195 e. The monoisotopic (exact) mass is 226 g/mol. The summed E-state index contributed by atoms with van der Waals surface area (Å²) in [6, 6.07) is 4.81. The molecule has 7 heteroatoms. The van der Waals surface area contributed by atoms with Crippen molar-refractivity contribution in [3.05, 3.63) is 18.2 Å². The highest BCUT2D eigenvalue weighted by Gasteiger charge is 2.18. The van der Waals surface area contributed by atoms with Crippen molar-refractivity contribution in [1.82, 2.24) is 9.89 Å². The zero-order chi connectivity index (χ0) is 11.2. The lowest BCUT2D eigenvalue weighted by Crippen LogP contribution is -2.10. The van der Waals surface area contributed by atoms with Crippen molar-refractivity contribution in [3.63, 3.8) is 0 Å². The summed E-state index contributed by atoms with van der Waals surface area (Å²) >= 11 is 0. The van der Waals surface area contributed by atoms with Crippen LogP contribution < -0.4 is 11.6 Å². The number of rotatable bonds is 1. The molecule has 0 aliphatic carbocycles. The molecule has 0 atom stereocenters. The van der Waals surface area contributed by atoms with Crippen molar-refractivity contribution in [2.24, 2.45) is 0 Å².